The molecule has 0 saturated heterocycles. The predicted octanol–water partition coefficient (Wildman–Crippen LogP) is 2.00. The minimum atomic E-state index is 0.183. The van der Waals surface area contributed by atoms with Crippen molar-refractivity contribution in [3.05, 3.63) is 21.8 Å². The number of H-pyrrole nitrogens is 1. The van der Waals surface area contributed by atoms with Gasteiger partial charge in [-0.3, -0.25) is 0 Å². The molecule has 0 unspecified atom stereocenters. The number of azide groups is 1. The van der Waals surface area contributed by atoms with Crippen LogP contribution < -0.4 is 0 Å². The van der Waals surface area contributed by atoms with Gasteiger partial charge in [0.15, 0.2) is 5.95 Å². The topological polar surface area (TPSA) is 77.4 Å². The summed E-state index contributed by atoms with van der Waals surface area (Å²) in [6, 6.07) is 0. The second-order valence-corrected chi connectivity index (χ2v) is 1.65. The van der Waals surface area contributed by atoms with E-state index in [0.717, 1.165) is 0 Å². The Morgan fingerprint density at radius 2 is 2.67 bits per heavy atom. The van der Waals surface area contributed by atoms with Crippen molar-refractivity contribution in [3.63, 3.8) is 0 Å². The molecule has 0 saturated carbocycles. The number of hydrogen-bond acceptors (Lipinski definition) is 2. The molecule has 0 amide bonds. The number of halogens is 1. The monoisotopic (exact) mass is 143 g/mol. The Morgan fingerprint density at radius 3 is 3.11 bits per heavy atom. The smallest absolute Gasteiger partial charge is 0.195 e. The summed E-state index contributed by atoms with van der Waals surface area (Å²) in [6.45, 7) is 0. The highest BCUT2D eigenvalue weighted by Crippen LogP contribution is 2.09. The molecule has 9 heavy (non-hydrogen) atoms. The zero-order valence-corrected chi connectivity index (χ0v) is 5.00. The van der Waals surface area contributed by atoms with Crippen LogP contribution in [0, 0.1) is 0 Å². The Morgan fingerprint density at radius 1 is 1.89 bits per heavy atom. The highest BCUT2D eigenvalue weighted by atomic mass is 35.5. The third kappa shape index (κ3) is 1.35. The van der Waals surface area contributed by atoms with Crippen LogP contribution in [0.25, 0.3) is 10.4 Å². The van der Waals surface area contributed by atoms with Gasteiger partial charge in [0.25, 0.3) is 0 Å². The summed E-state index contributed by atoms with van der Waals surface area (Å²) in [6.07, 6.45) is 1.37. The van der Waals surface area contributed by atoms with Crippen molar-refractivity contribution < 1.29 is 0 Å². The predicted molar refractivity (Wildman–Crippen MR) is 32.4 cm³/mol. The molecule has 0 fully saturated rings. The van der Waals surface area contributed by atoms with Crippen molar-refractivity contribution >= 4 is 17.5 Å². The quantitative estimate of drug-likeness (QED) is 0.364. The van der Waals surface area contributed by atoms with E-state index >= 15 is 0 Å². The summed E-state index contributed by atoms with van der Waals surface area (Å²) in [5, 5.41) is 3.52. The first kappa shape index (κ1) is 5.94. The van der Waals surface area contributed by atoms with E-state index < -0.39 is 0 Å². The van der Waals surface area contributed by atoms with Crippen LogP contribution in [0.3, 0.4) is 0 Å². The highest BCUT2D eigenvalue weighted by Gasteiger charge is 1.90. The van der Waals surface area contributed by atoms with E-state index in [0.29, 0.717) is 5.15 Å². The van der Waals surface area contributed by atoms with Crippen LogP contribution >= 0.6 is 11.6 Å². The summed E-state index contributed by atoms with van der Waals surface area (Å²) in [7, 11) is 0. The third-order valence-electron chi connectivity index (χ3n) is 0.671. The summed E-state index contributed by atoms with van der Waals surface area (Å²) in [5.74, 6) is 0.183. The second kappa shape index (κ2) is 2.39. The van der Waals surface area contributed by atoms with Crippen molar-refractivity contribution in [1.82, 2.24) is 9.97 Å². The number of nitrogens with zero attached hydrogens (tertiary/aromatic N) is 4. The van der Waals surface area contributed by atoms with E-state index in [4.69, 9.17) is 17.1 Å². The third-order valence-corrected chi connectivity index (χ3v) is 0.863. The van der Waals surface area contributed by atoms with Crippen LogP contribution in [0.1, 0.15) is 0 Å². The Kier molecular flexibility index (Phi) is 1.58. The lowest BCUT2D eigenvalue weighted by Crippen LogP contribution is -1.59. The maximum atomic E-state index is 7.88. The average Bonchev–Trinajstić information content (AvgIpc) is 2.17. The first-order valence-corrected chi connectivity index (χ1v) is 2.46. The van der Waals surface area contributed by atoms with Crippen molar-refractivity contribution in [3.8, 4) is 0 Å². The first-order chi connectivity index (χ1) is 4.33. The summed E-state index contributed by atoms with van der Waals surface area (Å²) >= 11 is 5.39. The number of imidazole rings is 1. The zero-order valence-electron chi connectivity index (χ0n) is 4.24. The summed E-state index contributed by atoms with van der Waals surface area (Å²) in [5.41, 5.74) is 7.88. The maximum Gasteiger partial charge on any atom is 0.195 e. The van der Waals surface area contributed by atoms with Crippen molar-refractivity contribution in [2.24, 2.45) is 5.11 Å². The van der Waals surface area contributed by atoms with Crippen LogP contribution in [0.15, 0.2) is 11.3 Å². The number of aromatic nitrogens is 2. The minimum Gasteiger partial charge on any atom is -0.328 e. The lowest BCUT2D eigenvalue weighted by atomic mass is 11.0. The standard InChI is InChI=1S/C3H2ClN5/c4-2-1-6-3(7-2)8-9-5/h1H,(H,6,7). The fourth-order valence-corrected chi connectivity index (χ4v) is 0.516. The van der Waals surface area contributed by atoms with Gasteiger partial charge in [-0.15, -0.1) is 0 Å². The van der Waals surface area contributed by atoms with E-state index in [1.54, 1.807) is 0 Å². The van der Waals surface area contributed by atoms with E-state index in [9.17, 15) is 0 Å². The molecule has 0 aliphatic rings. The van der Waals surface area contributed by atoms with Gasteiger partial charge in [-0.2, -0.15) is 0 Å². The van der Waals surface area contributed by atoms with Crippen LogP contribution in [0.2, 0.25) is 5.15 Å². The Bertz CT molecular complexity index is 246. The molecule has 0 atom stereocenters. The molecule has 0 aliphatic heterocycles. The molecule has 1 aromatic rings. The highest BCUT2D eigenvalue weighted by molar-refractivity contribution is 6.29. The molecule has 1 N–H and O–H groups in total. The minimum absolute atomic E-state index is 0.183. The number of aromatic amines is 1. The normalized spacial score (nSPS) is 8.56. The molecule has 0 spiro atoms. The molecule has 1 heterocycles. The maximum absolute atomic E-state index is 7.88. The molecule has 0 aliphatic carbocycles. The largest absolute Gasteiger partial charge is 0.328 e. The SMILES string of the molecule is [N-]=[N+]=Nc1ncc(Cl)[nH]1. The molecule has 0 bridgehead atoms. The van der Waals surface area contributed by atoms with Gasteiger partial charge in [0.2, 0.25) is 0 Å². The molecular weight excluding hydrogens is 142 g/mol. The van der Waals surface area contributed by atoms with Crippen LogP contribution in [0.5, 0.6) is 0 Å². The van der Waals surface area contributed by atoms with Gasteiger partial charge in [-0.1, -0.05) is 11.6 Å². The lowest BCUT2D eigenvalue weighted by molar-refractivity contribution is 1.23. The van der Waals surface area contributed by atoms with Gasteiger partial charge >= 0.3 is 0 Å². The van der Waals surface area contributed by atoms with Gasteiger partial charge in [0, 0.05) is 4.91 Å². The Balaban J connectivity index is 2.97. The molecule has 46 valence electrons. The molecule has 6 heteroatoms. The van der Waals surface area contributed by atoms with Crippen LogP contribution in [0.4, 0.5) is 5.95 Å². The molecule has 1 aromatic heterocycles. The average molecular weight is 144 g/mol. The van der Waals surface area contributed by atoms with E-state index in [-0.39, 0.29) is 5.95 Å². The second-order valence-electron chi connectivity index (χ2n) is 1.24. The van der Waals surface area contributed by atoms with E-state index in [2.05, 4.69) is 20.0 Å². The fourth-order valence-electron chi connectivity index (χ4n) is 0.382. The molecule has 0 aromatic carbocycles. The summed E-state index contributed by atoms with van der Waals surface area (Å²) in [4.78, 5) is 8.60. The van der Waals surface area contributed by atoms with Crippen LogP contribution in [-0.4, -0.2) is 9.97 Å². The Labute approximate surface area is 55.3 Å². The first-order valence-electron chi connectivity index (χ1n) is 2.08. The molecular formula is C3H2ClN5. The van der Waals surface area contributed by atoms with Gasteiger partial charge in [-0.25, -0.2) is 4.98 Å². The molecule has 1 rings (SSSR count). The van der Waals surface area contributed by atoms with Gasteiger partial charge in [-0.05, 0) is 10.6 Å². The van der Waals surface area contributed by atoms with Crippen LogP contribution in [-0.2, 0) is 0 Å². The van der Waals surface area contributed by atoms with Gasteiger partial charge in [0.05, 0.1) is 6.20 Å². The van der Waals surface area contributed by atoms with Gasteiger partial charge in [0.1, 0.15) is 5.15 Å². The number of rotatable bonds is 1. The molecule has 5 nitrogen and oxygen atoms in total. The molecule has 0 radical (unpaired) electrons. The lowest BCUT2D eigenvalue weighted by Gasteiger charge is -1.74. The zero-order chi connectivity index (χ0) is 6.69. The van der Waals surface area contributed by atoms with Gasteiger partial charge < -0.3 is 4.98 Å². The van der Waals surface area contributed by atoms with E-state index in [1.165, 1.54) is 6.20 Å². The number of hydrogen-bond donors (Lipinski definition) is 1. The van der Waals surface area contributed by atoms with Crippen molar-refractivity contribution in [2.75, 3.05) is 0 Å². The van der Waals surface area contributed by atoms with E-state index in [1.807, 2.05) is 0 Å². The number of nitrogens with one attached hydrogen (secondary N) is 1. The Hall–Kier alpha value is -1.19. The fraction of sp³-hybridized carbons (Fsp3) is 0. The summed E-state index contributed by atoms with van der Waals surface area (Å²) < 4.78 is 0. The van der Waals surface area contributed by atoms with Crippen molar-refractivity contribution in [1.29, 1.82) is 0 Å². The van der Waals surface area contributed by atoms with Crippen molar-refractivity contribution in [2.45, 2.75) is 0 Å².